The van der Waals surface area contributed by atoms with Crippen LogP contribution in [0.25, 0.3) is 10.9 Å². The van der Waals surface area contributed by atoms with Gasteiger partial charge < -0.3 is 4.90 Å². The molecule has 1 aliphatic heterocycles. The maximum absolute atomic E-state index is 13.2. The molecular formula is C24H23FN4O. The number of benzene rings is 2. The van der Waals surface area contributed by atoms with Crippen LogP contribution in [0.15, 0.2) is 48.5 Å². The van der Waals surface area contributed by atoms with Crippen molar-refractivity contribution in [3.05, 3.63) is 76.7 Å². The molecule has 1 atom stereocenters. The van der Waals surface area contributed by atoms with Crippen molar-refractivity contribution in [3.63, 3.8) is 0 Å². The summed E-state index contributed by atoms with van der Waals surface area (Å²) in [6.07, 6.45) is 0. The van der Waals surface area contributed by atoms with Crippen molar-refractivity contribution in [1.29, 1.82) is 5.26 Å². The zero-order valence-electron chi connectivity index (χ0n) is 17.1. The van der Waals surface area contributed by atoms with E-state index in [1.54, 1.807) is 12.1 Å². The predicted octanol–water partition coefficient (Wildman–Crippen LogP) is 4.01. The van der Waals surface area contributed by atoms with Crippen LogP contribution in [0.4, 0.5) is 4.39 Å². The molecule has 0 spiro atoms. The van der Waals surface area contributed by atoms with E-state index in [0.29, 0.717) is 31.7 Å². The summed E-state index contributed by atoms with van der Waals surface area (Å²) in [5.74, 6) is -0.348. The van der Waals surface area contributed by atoms with Crippen molar-refractivity contribution in [1.82, 2.24) is 14.8 Å². The molecule has 152 valence electrons. The number of hydrogen-bond acceptors (Lipinski definition) is 4. The maximum atomic E-state index is 13.2. The molecule has 4 rings (SSSR count). The van der Waals surface area contributed by atoms with Crippen molar-refractivity contribution in [3.8, 4) is 6.07 Å². The summed E-state index contributed by atoms with van der Waals surface area (Å²) in [5.41, 5.74) is 4.12. The minimum Gasteiger partial charge on any atom is -0.336 e. The Balaban J connectivity index is 1.49. The normalized spacial score (nSPS) is 15.7. The Kier molecular flexibility index (Phi) is 5.47. The van der Waals surface area contributed by atoms with Gasteiger partial charge in [-0.2, -0.15) is 5.26 Å². The van der Waals surface area contributed by atoms with Gasteiger partial charge in [0.25, 0.3) is 5.91 Å². The van der Waals surface area contributed by atoms with E-state index in [1.165, 1.54) is 12.1 Å². The molecule has 0 N–H and O–H groups in total. The summed E-state index contributed by atoms with van der Waals surface area (Å²) < 4.78 is 13.2. The van der Waals surface area contributed by atoms with Crippen molar-refractivity contribution in [2.75, 3.05) is 26.2 Å². The number of amides is 1. The molecule has 1 aromatic heterocycles. The molecule has 3 aromatic rings. The molecule has 1 fully saturated rings. The number of nitrogens with zero attached hydrogens (tertiary/aromatic N) is 4. The number of halogens is 1. The highest BCUT2D eigenvalue weighted by molar-refractivity contribution is 5.98. The first kappa shape index (κ1) is 20.0. The molecule has 30 heavy (non-hydrogen) atoms. The zero-order chi connectivity index (χ0) is 21.3. The molecule has 2 heterocycles. The molecule has 0 saturated carbocycles. The van der Waals surface area contributed by atoms with Crippen molar-refractivity contribution in [2.45, 2.75) is 19.9 Å². The molecule has 6 heteroatoms. The van der Waals surface area contributed by atoms with E-state index >= 15 is 0 Å². The van der Waals surface area contributed by atoms with E-state index < -0.39 is 6.04 Å². The molecule has 0 radical (unpaired) electrons. The Morgan fingerprint density at radius 2 is 1.77 bits per heavy atom. The maximum Gasteiger partial charge on any atom is 0.255 e. The van der Waals surface area contributed by atoms with Gasteiger partial charge in [-0.25, -0.2) is 4.39 Å². The zero-order valence-corrected chi connectivity index (χ0v) is 17.1. The molecular weight excluding hydrogens is 379 g/mol. The standard InChI is InChI=1S/C24H23FN4O/c1-16-3-8-22-19(13-16)14-21(17(2)27-22)24(30)29-11-9-28(10-12-29)23(15-26)18-4-6-20(25)7-5-18/h3-8,13-14,23H,9-12H2,1-2H3/t23-/m1/s1. The van der Waals surface area contributed by atoms with E-state index in [1.807, 2.05) is 47.9 Å². The third kappa shape index (κ3) is 3.89. The van der Waals surface area contributed by atoms with Crippen LogP contribution in [-0.2, 0) is 0 Å². The fourth-order valence-electron chi connectivity index (χ4n) is 3.97. The van der Waals surface area contributed by atoms with Gasteiger partial charge in [-0.15, -0.1) is 0 Å². The molecule has 1 amide bonds. The van der Waals surface area contributed by atoms with Gasteiger partial charge in [-0.3, -0.25) is 14.7 Å². The van der Waals surface area contributed by atoms with E-state index in [9.17, 15) is 14.4 Å². The summed E-state index contributed by atoms with van der Waals surface area (Å²) >= 11 is 0. The Morgan fingerprint density at radius 1 is 1.07 bits per heavy atom. The Morgan fingerprint density at radius 3 is 2.43 bits per heavy atom. The number of carbonyl (C=O) groups is 1. The van der Waals surface area contributed by atoms with Gasteiger partial charge in [0.2, 0.25) is 0 Å². The lowest BCUT2D eigenvalue weighted by Crippen LogP contribution is -2.49. The number of aryl methyl sites for hydroxylation is 2. The van der Waals surface area contributed by atoms with Crippen LogP contribution in [0, 0.1) is 31.0 Å². The lowest BCUT2D eigenvalue weighted by Gasteiger charge is -2.37. The van der Waals surface area contributed by atoms with E-state index in [4.69, 9.17) is 0 Å². The molecule has 0 bridgehead atoms. The molecule has 0 aliphatic carbocycles. The fourth-order valence-corrected chi connectivity index (χ4v) is 3.97. The smallest absolute Gasteiger partial charge is 0.255 e. The average molecular weight is 402 g/mol. The minimum absolute atomic E-state index is 0.0293. The van der Waals surface area contributed by atoms with Crippen molar-refractivity contribution >= 4 is 16.8 Å². The van der Waals surface area contributed by atoms with Crippen LogP contribution >= 0.6 is 0 Å². The van der Waals surface area contributed by atoms with Crippen LogP contribution in [0.1, 0.15) is 33.2 Å². The lowest BCUT2D eigenvalue weighted by atomic mass is 10.0. The number of fused-ring (bicyclic) bond motifs is 1. The first-order valence-corrected chi connectivity index (χ1v) is 10.0. The Labute approximate surface area is 175 Å². The second-order valence-electron chi connectivity index (χ2n) is 7.73. The second-order valence-corrected chi connectivity index (χ2v) is 7.73. The Bertz CT molecular complexity index is 1130. The first-order valence-electron chi connectivity index (χ1n) is 10.0. The number of rotatable bonds is 3. The molecule has 2 aromatic carbocycles. The summed E-state index contributed by atoms with van der Waals surface area (Å²) in [5, 5.41) is 10.6. The SMILES string of the molecule is Cc1ccc2nc(C)c(C(=O)N3CCN([C@H](C#N)c4ccc(F)cc4)CC3)cc2c1. The van der Waals surface area contributed by atoms with Gasteiger partial charge in [0, 0.05) is 31.6 Å². The summed E-state index contributed by atoms with van der Waals surface area (Å²) in [4.78, 5) is 21.6. The van der Waals surface area contributed by atoms with Gasteiger partial charge in [-0.05, 0) is 49.7 Å². The highest BCUT2D eigenvalue weighted by Crippen LogP contribution is 2.24. The van der Waals surface area contributed by atoms with Crippen LogP contribution in [-0.4, -0.2) is 46.9 Å². The number of aromatic nitrogens is 1. The largest absolute Gasteiger partial charge is 0.336 e. The number of piperazine rings is 1. The summed E-state index contributed by atoms with van der Waals surface area (Å²) in [7, 11) is 0. The van der Waals surface area contributed by atoms with Gasteiger partial charge in [0.15, 0.2) is 0 Å². The topological polar surface area (TPSA) is 60.2 Å². The number of carbonyl (C=O) groups excluding carboxylic acids is 1. The van der Waals surface area contributed by atoms with Gasteiger partial charge >= 0.3 is 0 Å². The first-order chi connectivity index (χ1) is 14.5. The van der Waals surface area contributed by atoms with Gasteiger partial charge in [0.1, 0.15) is 11.9 Å². The lowest BCUT2D eigenvalue weighted by molar-refractivity contribution is 0.0605. The molecule has 1 aliphatic rings. The van der Waals surface area contributed by atoms with Crippen LogP contribution in [0.2, 0.25) is 0 Å². The van der Waals surface area contributed by atoms with Crippen LogP contribution in [0.3, 0.4) is 0 Å². The third-order valence-electron chi connectivity index (χ3n) is 5.67. The summed E-state index contributed by atoms with van der Waals surface area (Å²) in [6, 6.07) is 15.8. The number of nitriles is 1. The van der Waals surface area contributed by atoms with Crippen LogP contribution < -0.4 is 0 Å². The van der Waals surface area contributed by atoms with E-state index in [2.05, 4.69) is 11.1 Å². The van der Waals surface area contributed by atoms with E-state index in [0.717, 1.165) is 27.7 Å². The predicted molar refractivity (Wildman–Crippen MR) is 113 cm³/mol. The quantitative estimate of drug-likeness (QED) is 0.664. The highest BCUT2D eigenvalue weighted by Gasteiger charge is 2.28. The van der Waals surface area contributed by atoms with Gasteiger partial charge in [0.05, 0.1) is 22.8 Å². The monoisotopic (exact) mass is 402 g/mol. The third-order valence-corrected chi connectivity index (χ3v) is 5.67. The fraction of sp³-hybridized carbons (Fsp3) is 0.292. The summed E-state index contributed by atoms with van der Waals surface area (Å²) in [6.45, 7) is 6.11. The molecule has 5 nitrogen and oxygen atoms in total. The van der Waals surface area contributed by atoms with E-state index in [-0.39, 0.29) is 11.7 Å². The molecule has 0 unspecified atom stereocenters. The number of pyridine rings is 1. The second kappa shape index (κ2) is 8.21. The average Bonchev–Trinajstić information content (AvgIpc) is 2.75. The van der Waals surface area contributed by atoms with Crippen molar-refractivity contribution < 1.29 is 9.18 Å². The van der Waals surface area contributed by atoms with Gasteiger partial charge in [-0.1, -0.05) is 23.8 Å². The highest BCUT2D eigenvalue weighted by atomic mass is 19.1. The van der Waals surface area contributed by atoms with Crippen molar-refractivity contribution in [2.24, 2.45) is 0 Å². The molecule has 1 saturated heterocycles. The Hall–Kier alpha value is -3.30. The number of hydrogen-bond donors (Lipinski definition) is 0. The van der Waals surface area contributed by atoms with Crippen LogP contribution in [0.5, 0.6) is 0 Å². The minimum atomic E-state index is -0.449.